The zero-order valence-electron chi connectivity index (χ0n) is 12.1. The first-order valence-electron chi connectivity index (χ1n) is 7.02. The van der Waals surface area contributed by atoms with E-state index in [0.29, 0.717) is 12.3 Å². The molecular formula is C17H20N2O2. The number of nitrogens with one attached hydrogen (secondary N) is 1. The molecule has 0 fully saturated rings. The van der Waals surface area contributed by atoms with Crippen molar-refractivity contribution >= 4 is 11.6 Å². The lowest BCUT2D eigenvalue weighted by atomic mass is 10.1. The van der Waals surface area contributed by atoms with Crippen LogP contribution in [0.3, 0.4) is 0 Å². The molecule has 2 rings (SSSR count). The Morgan fingerprint density at radius 1 is 1.19 bits per heavy atom. The number of para-hydroxylation sites is 1. The van der Waals surface area contributed by atoms with Crippen LogP contribution in [0.25, 0.3) is 0 Å². The normalized spacial score (nSPS) is 10.2. The number of hydrogen-bond donors (Lipinski definition) is 2. The van der Waals surface area contributed by atoms with Gasteiger partial charge in [-0.15, -0.1) is 0 Å². The predicted octanol–water partition coefficient (Wildman–Crippen LogP) is 2.73. The lowest BCUT2D eigenvalue weighted by Gasteiger charge is -2.11. The maximum absolute atomic E-state index is 11.9. The van der Waals surface area contributed by atoms with Gasteiger partial charge >= 0.3 is 0 Å². The smallest absolute Gasteiger partial charge is 0.262 e. The Labute approximate surface area is 124 Å². The number of aryl methyl sites for hydroxylation is 1. The van der Waals surface area contributed by atoms with Crippen molar-refractivity contribution in [1.82, 2.24) is 0 Å². The molecule has 1 amide bonds. The van der Waals surface area contributed by atoms with E-state index in [4.69, 9.17) is 10.5 Å². The van der Waals surface area contributed by atoms with E-state index >= 15 is 0 Å². The first-order chi connectivity index (χ1) is 10.2. The summed E-state index contributed by atoms with van der Waals surface area (Å²) in [7, 11) is 0. The highest BCUT2D eigenvalue weighted by Crippen LogP contribution is 2.16. The van der Waals surface area contributed by atoms with Gasteiger partial charge in [-0.05, 0) is 35.7 Å². The predicted molar refractivity (Wildman–Crippen MR) is 84.3 cm³/mol. The summed E-state index contributed by atoms with van der Waals surface area (Å²) >= 11 is 0. The Morgan fingerprint density at radius 3 is 2.76 bits per heavy atom. The molecule has 0 aliphatic heterocycles. The molecule has 0 aliphatic carbocycles. The van der Waals surface area contributed by atoms with Crippen molar-refractivity contribution < 1.29 is 9.53 Å². The topological polar surface area (TPSA) is 64.3 Å². The molecule has 0 spiro atoms. The fourth-order valence-electron chi connectivity index (χ4n) is 2.05. The van der Waals surface area contributed by atoms with E-state index in [1.165, 1.54) is 0 Å². The van der Waals surface area contributed by atoms with E-state index in [-0.39, 0.29) is 12.5 Å². The average Bonchev–Trinajstić information content (AvgIpc) is 2.53. The van der Waals surface area contributed by atoms with Gasteiger partial charge in [-0.1, -0.05) is 37.3 Å². The minimum atomic E-state index is -0.172. The highest BCUT2D eigenvalue weighted by molar-refractivity contribution is 5.92. The van der Waals surface area contributed by atoms with Crippen LogP contribution in [-0.4, -0.2) is 12.5 Å². The fourth-order valence-corrected chi connectivity index (χ4v) is 2.05. The third-order valence-corrected chi connectivity index (χ3v) is 3.18. The van der Waals surface area contributed by atoms with Gasteiger partial charge in [-0.25, -0.2) is 0 Å². The summed E-state index contributed by atoms with van der Waals surface area (Å²) in [6, 6.07) is 15.2. The number of nitrogens with two attached hydrogens (primary N) is 1. The van der Waals surface area contributed by atoms with Crippen LogP contribution >= 0.6 is 0 Å². The molecule has 4 nitrogen and oxygen atoms in total. The van der Waals surface area contributed by atoms with Gasteiger partial charge in [0.15, 0.2) is 6.61 Å². The minimum Gasteiger partial charge on any atom is -0.484 e. The molecule has 0 bridgehead atoms. The van der Waals surface area contributed by atoms with E-state index in [9.17, 15) is 4.79 Å². The third-order valence-electron chi connectivity index (χ3n) is 3.18. The maximum atomic E-state index is 11.9. The molecular weight excluding hydrogens is 264 g/mol. The molecule has 2 aromatic carbocycles. The summed E-state index contributed by atoms with van der Waals surface area (Å²) < 4.78 is 5.49. The Balaban J connectivity index is 1.92. The van der Waals surface area contributed by atoms with E-state index < -0.39 is 0 Å². The van der Waals surface area contributed by atoms with Crippen LogP contribution in [0.15, 0.2) is 48.5 Å². The van der Waals surface area contributed by atoms with Gasteiger partial charge in [-0.3, -0.25) is 4.79 Å². The number of rotatable bonds is 6. The van der Waals surface area contributed by atoms with Crippen LogP contribution in [-0.2, 0) is 17.8 Å². The van der Waals surface area contributed by atoms with Crippen molar-refractivity contribution in [3.8, 4) is 5.75 Å². The molecule has 110 valence electrons. The summed E-state index contributed by atoms with van der Waals surface area (Å²) in [6.45, 7) is 2.49. The van der Waals surface area contributed by atoms with Gasteiger partial charge < -0.3 is 15.8 Å². The molecule has 4 heteroatoms. The zero-order valence-corrected chi connectivity index (χ0v) is 12.1. The molecule has 0 unspecified atom stereocenters. The van der Waals surface area contributed by atoms with Crippen molar-refractivity contribution in [2.75, 3.05) is 11.9 Å². The standard InChI is InChI=1S/C17H20N2O2/c1-2-14-7-3-4-9-16(14)19-17(20)12-21-15-8-5-6-13(10-15)11-18/h3-10H,2,11-12,18H2,1H3,(H,19,20). The second-order valence-corrected chi connectivity index (χ2v) is 4.70. The summed E-state index contributed by atoms with van der Waals surface area (Å²) in [6.07, 6.45) is 0.871. The van der Waals surface area contributed by atoms with Crippen molar-refractivity contribution in [3.05, 3.63) is 59.7 Å². The average molecular weight is 284 g/mol. The largest absolute Gasteiger partial charge is 0.484 e. The first-order valence-corrected chi connectivity index (χ1v) is 7.02. The highest BCUT2D eigenvalue weighted by atomic mass is 16.5. The van der Waals surface area contributed by atoms with Gasteiger partial charge in [0, 0.05) is 12.2 Å². The summed E-state index contributed by atoms with van der Waals surface area (Å²) in [5.41, 5.74) is 8.49. The number of hydrogen-bond acceptors (Lipinski definition) is 3. The Bertz CT molecular complexity index is 611. The van der Waals surface area contributed by atoms with E-state index in [2.05, 4.69) is 12.2 Å². The van der Waals surface area contributed by atoms with Crippen molar-refractivity contribution in [1.29, 1.82) is 0 Å². The molecule has 21 heavy (non-hydrogen) atoms. The van der Waals surface area contributed by atoms with Crippen molar-refractivity contribution in [2.24, 2.45) is 5.73 Å². The minimum absolute atomic E-state index is 0.0218. The van der Waals surface area contributed by atoms with Gasteiger partial charge in [0.25, 0.3) is 5.91 Å². The molecule has 0 saturated carbocycles. The molecule has 0 aromatic heterocycles. The summed E-state index contributed by atoms with van der Waals surface area (Å²) in [5.74, 6) is 0.478. The third kappa shape index (κ3) is 4.33. The first kappa shape index (κ1) is 15.1. The fraction of sp³-hybridized carbons (Fsp3) is 0.235. The van der Waals surface area contributed by atoms with Gasteiger partial charge in [0.05, 0.1) is 0 Å². The van der Waals surface area contributed by atoms with Crippen molar-refractivity contribution in [2.45, 2.75) is 19.9 Å². The second kappa shape index (κ2) is 7.45. The number of carbonyl (C=O) groups is 1. The quantitative estimate of drug-likeness (QED) is 0.857. The second-order valence-electron chi connectivity index (χ2n) is 4.70. The lowest BCUT2D eigenvalue weighted by molar-refractivity contribution is -0.118. The van der Waals surface area contributed by atoms with Crippen LogP contribution < -0.4 is 15.8 Å². The Hall–Kier alpha value is -2.33. The Morgan fingerprint density at radius 2 is 2.00 bits per heavy atom. The summed E-state index contributed by atoms with van der Waals surface area (Å²) in [4.78, 5) is 11.9. The SMILES string of the molecule is CCc1ccccc1NC(=O)COc1cccc(CN)c1. The number of carbonyl (C=O) groups excluding carboxylic acids is 1. The van der Waals surface area contributed by atoms with E-state index in [1.807, 2.05) is 48.5 Å². The number of anilines is 1. The number of amides is 1. The number of ether oxygens (including phenoxy) is 1. The lowest BCUT2D eigenvalue weighted by Crippen LogP contribution is -2.20. The molecule has 0 saturated heterocycles. The van der Waals surface area contributed by atoms with E-state index in [1.54, 1.807) is 0 Å². The zero-order chi connectivity index (χ0) is 15.1. The number of benzene rings is 2. The van der Waals surface area contributed by atoms with Crippen LogP contribution in [0.4, 0.5) is 5.69 Å². The summed E-state index contributed by atoms with van der Waals surface area (Å²) in [5, 5.41) is 2.87. The van der Waals surface area contributed by atoms with Crippen LogP contribution in [0.1, 0.15) is 18.1 Å². The maximum Gasteiger partial charge on any atom is 0.262 e. The van der Waals surface area contributed by atoms with Crippen LogP contribution in [0.5, 0.6) is 5.75 Å². The van der Waals surface area contributed by atoms with Gasteiger partial charge in [0.2, 0.25) is 0 Å². The van der Waals surface area contributed by atoms with Crippen LogP contribution in [0.2, 0.25) is 0 Å². The molecule has 0 heterocycles. The van der Waals surface area contributed by atoms with Gasteiger partial charge in [0.1, 0.15) is 5.75 Å². The molecule has 2 aromatic rings. The molecule has 3 N–H and O–H groups in total. The van der Waals surface area contributed by atoms with Crippen molar-refractivity contribution in [3.63, 3.8) is 0 Å². The molecule has 0 atom stereocenters. The van der Waals surface area contributed by atoms with Crippen LogP contribution in [0, 0.1) is 0 Å². The van der Waals surface area contributed by atoms with Gasteiger partial charge in [-0.2, -0.15) is 0 Å². The monoisotopic (exact) mass is 284 g/mol. The Kier molecular flexibility index (Phi) is 5.35. The van der Waals surface area contributed by atoms with E-state index in [0.717, 1.165) is 23.2 Å². The molecule has 0 radical (unpaired) electrons. The molecule has 0 aliphatic rings. The highest BCUT2D eigenvalue weighted by Gasteiger charge is 2.06.